The molecule has 1 aliphatic carbocycles. The summed E-state index contributed by atoms with van der Waals surface area (Å²) in [7, 11) is 2.21. The SMILES string of the molecule is CN1CCN([C@H]2CC[C@@H](n3nc(-c4ccc(C(NC(=O)NCc5ccccc5)c5ccccc5)cc4)c4c(N)ncnc43)CC2)CC1. The van der Waals surface area contributed by atoms with Crippen molar-refractivity contribution in [1.82, 2.24) is 40.2 Å². The van der Waals surface area contributed by atoms with Crippen LogP contribution < -0.4 is 16.4 Å². The van der Waals surface area contributed by atoms with Crippen molar-refractivity contribution in [3.63, 3.8) is 0 Å². The first-order chi connectivity index (χ1) is 23.0. The van der Waals surface area contributed by atoms with E-state index in [2.05, 4.69) is 66.4 Å². The van der Waals surface area contributed by atoms with Crippen LogP contribution in [0.5, 0.6) is 0 Å². The van der Waals surface area contributed by atoms with Gasteiger partial charge in [-0.3, -0.25) is 4.90 Å². The zero-order valence-corrected chi connectivity index (χ0v) is 26.9. The predicted molar refractivity (Wildman–Crippen MR) is 186 cm³/mol. The standard InChI is InChI=1S/C37H43N9O/c1-44-20-22-45(23-21-44)30-16-18-31(19-17-30)46-36-32(35(38)40-25-41-36)34(43-46)29-14-12-28(13-15-29)33(27-10-6-3-7-11-27)42-37(47)39-24-26-8-4-2-5-9-26/h2-15,25,30-31,33H,16-24H2,1H3,(H2,38,40,41)(H2,39,42,47)/t30-,31+,33?. The first-order valence-electron chi connectivity index (χ1n) is 16.7. The molecule has 47 heavy (non-hydrogen) atoms. The van der Waals surface area contributed by atoms with E-state index in [0.29, 0.717) is 18.4 Å². The van der Waals surface area contributed by atoms with Crippen LogP contribution in [0.4, 0.5) is 10.6 Å². The van der Waals surface area contributed by atoms with E-state index in [0.717, 1.165) is 90.8 Å². The van der Waals surface area contributed by atoms with Crippen LogP contribution in [-0.2, 0) is 6.54 Å². The van der Waals surface area contributed by atoms with Crippen LogP contribution in [0.25, 0.3) is 22.3 Å². The number of nitrogens with two attached hydrogens (primary N) is 1. The molecule has 2 fully saturated rings. The summed E-state index contributed by atoms with van der Waals surface area (Å²) in [5.41, 5.74) is 12.0. The molecular formula is C37H43N9O. The zero-order chi connectivity index (χ0) is 32.2. The maximum Gasteiger partial charge on any atom is 0.315 e. The van der Waals surface area contributed by atoms with E-state index in [4.69, 9.17) is 10.8 Å². The second-order valence-corrected chi connectivity index (χ2v) is 12.8. The minimum Gasteiger partial charge on any atom is -0.383 e. The fourth-order valence-corrected chi connectivity index (χ4v) is 7.11. The molecule has 5 aromatic rings. The Morgan fingerprint density at radius 3 is 2.17 bits per heavy atom. The summed E-state index contributed by atoms with van der Waals surface area (Å²) in [5, 5.41) is 12.1. The van der Waals surface area contributed by atoms with Gasteiger partial charge < -0.3 is 21.3 Å². The number of nitrogens with zero attached hydrogens (tertiary/aromatic N) is 6. The molecular weight excluding hydrogens is 586 g/mol. The van der Waals surface area contributed by atoms with Gasteiger partial charge in [0, 0.05) is 44.3 Å². The van der Waals surface area contributed by atoms with E-state index in [9.17, 15) is 4.79 Å². The lowest BCUT2D eigenvalue weighted by atomic mass is 9.90. The van der Waals surface area contributed by atoms with Crippen LogP contribution in [0.3, 0.4) is 0 Å². The number of likely N-dealkylation sites (N-methyl/N-ethyl adjacent to an activating group) is 1. The second kappa shape index (κ2) is 13.9. The summed E-state index contributed by atoms with van der Waals surface area (Å²) in [4.78, 5) is 27.2. The van der Waals surface area contributed by atoms with E-state index in [-0.39, 0.29) is 18.1 Å². The van der Waals surface area contributed by atoms with Crippen molar-refractivity contribution >= 4 is 22.9 Å². The second-order valence-electron chi connectivity index (χ2n) is 12.8. The highest BCUT2D eigenvalue weighted by molar-refractivity contribution is 5.98. The highest BCUT2D eigenvalue weighted by Gasteiger charge is 2.31. The molecule has 2 amide bonds. The smallest absolute Gasteiger partial charge is 0.315 e. The molecule has 1 aliphatic heterocycles. The van der Waals surface area contributed by atoms with Gasteiger partial charge in [-0.05, 0) is 49.4 Å². The van der Waals surface area contributed by atoms with E-state index in [1.165, 1.54) is 6.33 Å². The quantitative estimate of drug-likeness (QED) is 0.211. The number of hydrogen-bond donors (Lipinski definition) is 3. The van der Waals surface area contributed by atoms with Crippen molar-refractivity contribution < 1.29 is 4.79 Å². The van der Waals surface area contributed by atoms with Crippen LogP contribution in [0, 0.1) is 0 Å². The third-order valence-electron chi connectivity index (χ3n) is 9.81. The van der Waals surface area contributed by atoms with Crippen LogP contribution in [0.1, 0.15) is 54.5 Å². The molecule has 1 atom stereocenters. The summed E-state index contributed by atoms with van der Waals surface area (Å²) in [6.45, 7) is 5.04. The van der Waals surface area contributed by atoms with Gasteiger partial charge in [0.1, 0.15) is 17.8 Å². The van der Waals surface area contributed by atoms with Gasteiger partial charge in [0.05, 0.1) is 17.5 Å². The molecule has 3 aromatic carbocycles. The maximum atomic E-state index is 13.1. The van der Waals surface area contributed by atoms with Gasteiger partial charge in [-0.25, -0.2) is 19.4 Å². The minimum atomic E-state index is -0.334. The van der Waals surface area contributed by atoms with Gasteiger partial charge in [-0.1, -0.05) is 84.9 Å². The number of amides is 2. The lowest BCUT2D eigenvalue weighted by Gasteiger charge is -2.41. The van der Waals surface area contributed by atoms with Crippen molar-refractivity contribution in [3.8, 4) is 11.3 Å². The summed E-state index contributed by atoms with van der Waals surface area (Å²) in [6.07, 6.45) is 5.98. The van der Waals surface area contributed by atoms with E-state index in [1.807, 2.05) is 60.7 Å². The van der Waals surface area contributed by atoms with Crippen molar-refractivity contribution in [2.24, 2.45) is 0 Å². The molecule has 7 rings (SSSR count). The number of aromatic nitrogens is 4. The number of nitrogens with one attached hydrogen (secondary N) is 2. The lowest BCUT2D eigenvalue weighted by molar-refractivity contribution is 0.0815. The topological polar surface area (TPSA) is 117 Å². The minimum absolute atomic E-state index is 0.233. The number of rotatable bonds is 8. The molecule has 0 radical (unpaired) electrons. The number of hydrogen-bond acceptors (Lipinski definition) is 7. The summed E-state index contributed by atoms with van der Waals surface area (Å²) < 4.78 is 2.10. The highest BCUT2D eigenvalue weighted by Crippen LogP contribution is 2.37. The van der Waals surface area contributed by atoms with Gasteiger partial charge in [0.25, 0.3) is 0 Å². The highest BCUT2D eigenvalue weighted by atomic mass is 16.2. The third kappa shape index (κ3) is 6.84. The Balaban J connectivity index is 1.11. The molecule has 2 aliphatic rings. The van der Waals surface area contributed by atoms with Crippen molar-refractivity contribution in [2.75, 3.05) is 39.0 Å². The number of carbonyl (C=O) groups excluding carboxylic acids is 1. The van der Waals surface area contributed by atoms with Gasteiger partial charge in [-0.15, -0.1) is 0 Å². The monoisotopic (exact) mass is 629 g/mol. The van der Waals surface area contributed by atoms with Gasteiger partial charge in [-0.2, -0.15) is 5.10 Å². The Morgan fingerprint density at radius 1 is 0.830 bits per heavy atom. The predicted octanol–water partition coefficient (Wildman–Crippen LogP) is 5.40. The molecule has 1 unspecified atom stereocenters. The van der Waals surface area contributed by atoms with Crippen molar-refractivity contribution in [2.45, 2.75) is 50.4 Å². The van der Waals surface area contributed by atoms with Crippen LogP contribution in [-0.4, -0.2) is 74.8 Å². The van der Waals surface area contributed by atoms with Crippen LogP contribution in [0.15, 0.2) is 91.3 Å². The average molecular weight is 630 g/mol. The van der Waals surface area contributed by atoms with Gasteiger partial charge in [0.2, 0.25) is 0 Å². The van der Waals surface area contributed by atoms with Crippen LogP contribution in [0.2, 0.25) is 0 Å². The molecule has 0 bridgehead atoms. The summed E-state index contributed by atoms with van der Waals surface area (Å²) in [6, 6.07) is 28.5. The number of nitrogen functional groups attached to an aromatic ring is 1. The Morgan fingerprint density at radius 2 is 1.47 bits per heavy atom. The lowest BCUT2D eigenvalue weighted by Crippen LogP contribution is -2.49. The molecule has 3 heterocycles. The molecule has 10 nitrogen and oxygen atoms in total. The molecule has 1 saturated heterocycles. The van der Waals surface area contributed by atoms with E-state index in [1.54, 1.807) is 0 Å². The number of carbonyl (C=O) groups is 1. The van der Waals surface area contributed by atoms with Crippen molar-refractivity contribution in [3.05, 3.63) is 108 Å². The number of anilines is 1. The Labute approximate surface area is 276 Å². The Hall–Kier alpha value is -4.80. The van der Waals surface area contributed by atoms with Crippen LogP contribution >= 0.6 is 0 Å². The normalized spacial score (nSPS) is 19.8. The van der Waals surface area contributed by atoms with Gasteiger partial charge in [0.15, 0.2) is 5.65 Å². The molecule has 1 saturated carbocycles. The Bertz CT molecular complexity index is 1780. The fraction of sp³-hybridized carbons (Fsp3) is 0.351. The zero-order valence-electron chi connectivity index (χ0n) is 26.9. The van der Waals surface area contributed by atoms with E-state index >= 15 is 0 Å². The Kier molecular flexibility index (Phi) is 9.12. The third-order valence-corrected chi connectivity index (χ3v) is 9.81. The van der Waals surface area contributed by atoms with Gasteiger partial charge >= 0.3 is 6.03 Å². The first-order valence-corrected chi connectivity index (χ1v) is 16.7. The molecule has 0 spiro atoms. The summed E-state index contributed by atoms with van der Waals surface area (Å²) >= 11 is 0. The number of piperazine rings is 1. The number of fused-ring (bicyclic) bond motifs is 1. The molecule has 242 valence electrons. The molecule has 10 heteroatoms. The molecule has 4 N–H and O–H groups in total. The first kappa shape index (κ1) is 30.8. The fourth-order valence-electron chi connectivity index (χ4n) is 7.11. The number of urea groups is 1. The largest absolute Gasteiger partial charge is 0.383 e. The summed E-state index contributed by atoms with van der Waals surface area (Å²) in [5.74, 6) is 0.436. The molecule has 2 aromatic heterocycles. The average Bonchev–Trinajstić information content (AvgIpc) is 3.52. The maximum absolute atomic E-state index is 13.1. The van der Waals surface area contributed by atoms with Crippen molar-refractivity contribution in [1.29, 1.82) is 0 Å². The number of benzene rings is 3. The van der Waals surface area contributed by atoms with E-state index < -0.39 is 0 Å².